The third-order valence-corrected chi connectivity index (χ3v) is 6.45. The zero-order valence-corrected chi connectivity index (χ0v) is 15.8. The summed E-state index contributed by atoms with van der Waals surface area (Å²) in [7, 11) is 1.43. The highest BCUT2D eigenvalue weighted by Crippen LogP contribution is 2.41. The van der Waals surface area contributed by atoms with Gasteiger partial charge in [-0.25, -0.2) is 0 Å². The largest absolute Gasteiger partial charge is 0.469 e. The molecule has 2 heterocycles. The molecule has 146 valence electrons. The van der Waals surface area contributed by atoms with E-state index in [2.05, 4.69) is 9.80 Å². The number of hydrogen-bond donors (Lipinski definition) is 0. The molecule has 1 aliphatic carbocycles. The van der Waals surface area contributed by atoms with Gasteiger partial charge in [0.15, 0.2) is 0 Å². The van der Waals surface area contributed by atoms with Crippen LogP contribution in [0.5, 0.6) is 0 Å². The van der Waals surface area contributed by atoms with Crippen molar-refractivity contribution >= 4 is 33.1 Å². The molecule has 1 aromatic heterocycles. The lowest BCUT2D eigenvalue weighted by Gasteiger charge is -2.36. The predicted octanol–water partition coefficient (Wildman–Crippen LogP) is 3.85. The first-order valence-corrected chi connectivity index (χ1v) is 9.88. The summed E-state index contributed by atoms with van der Waals surface area (Å²) in [5.41, 5.74) is 0.417. The lowest BCUT2D eigenvalue weighted by atomic mass is 10.1. The van der Waals surface area contributed by atoms with Crippen LogP contribution < -0.4 is 4.90 Å². The average molecular weight is 398 g/mol. The van der Waals surface area contributed by atoms with Crippen molar-refractivity contribution in [1.29, 1.82) is 0 Å². The summed E-state index contributed by atoms with van der Waals surface area (Å²) in [6, 6.07) is 3.98. The number of anilines is 1. The first-order valence-electron chi connectivity index (χ1n) is 9.00. The molecule has 2 fully saturated rings. The van der Waals surface area contributed by atoms with Gasteiger partial charge in [0.25, 0.3) is 0 Å². The molecule has 2 aromatic rings. The van der Waals surface area contributed by atoms with Gasteiger partial charge >= 0.3 is 12.1 Å². The first-order chi connectivity index (χ1) is 12.9. The molecule has 27 heavy (non-hydrogen) atoms. The molecule has 1 saturated heterocycles. The molecule has 0 bridgehead atoms. The van der Waals surface area contributed by atoms with Crippen LogP contribution in [-0.4, -0.2) is 50.7 Å². The number of carbonyl (C=O) groups is 1. The standard InChI is InChI=1S/C19H21F3N2O2S/c1-26-18(25)15-8-12(15)10-23-4-6-24(7-5-23)16-11-27-17-9-13(19(20,21)22)2-3-14(16)17/h2-3,9,11-12,15H,4-8,10H2,1H3/t12?,15-/m1/s1. The van der Waals surface area contributed by atoms with Gasteiger partial charge in [-0.15, -0.1) is 11.3 Å². The molecule has 1 saturated carbocycles. The average Bonchev–Trinajstić information content (AvgIpc) is 3.28. The van der Waals surface area contributed by atoms with Crippen LogP contribution >= 0.6 is 11.3 Å². The Morgan fingerprint density at radius 2 is 2.00 bits per heavy atom. The summed E-state index contributed by atoms with van der Waals surface area (Å²) in [5, 5.41) is 2.84. The predicted molar refractivity (Wildman–Crippen MR) is 99.1 cm³/mol. The Kier molecular flexibility index (Phi) is 4.80. The quantitative estimate of drug-likeness (QED) is 0.733. The number of esters is 1. The van der Waals surface area contributed by atoms with Crippen LogP contribution in [-0.2, 0) is 15.7 Å². The molecule has 2 aliphatic rings. The maximum Gasteiger partial charge on any atom is 0.416 e. The Labute approximate surface area is 159 Å². The number of carbonyl (C=O) groups excluding carboxylic acids is 1. The Bertz CT molecular complexity index is 843. The van der Waals surface area contributed by atoms with Gasteiger partial charge in [0, 0.05) is 48.2 Å². The number of ether oxygens (including phenoxy) is 1. The van der Waals surface area contributed by atoms with Gasteiger partial charge in [0.1, 0.15) is 0 Å². The molecule has 4 rings (SSSR count). The number of hydrogen-bond acceptors (Lipinski definition) is 5. The number of thiophene rings is 1. The van der Waals surface area contributed by atoms with E-state index >= 15 is 0 Å². The van der Waals surface area contributed by atoms with Crippen molar-refractivity contribution in [3.05, 3.63) is 29.1 Å². The van der Waals surface area contributed by atoms with Crippen LogP contribution in [0.15, 0.2) is 23.6 Å². The van der Waals surface area contributed by atoms with Crippen LogP contribution in [0.4, 0.5) is 18.9 Å². The van der Waals surface area contributed by atoms with Crippen molar-refractivity contribution in [1.82, 2.24) is 4.90 Å². The fourth-order valence-corrected chi connectivity index (χ4v) is 4.84. The SMILES string of the molecule is COC(=O)[C@@H]1CC1CN1CCN(c2csc3cc(C(F)(F)F)ccc23)CC1. The molecular weight excluding hydrogens is 377 g/mol. The minimum atomic E-state index is -4.31. The van der Waals surface area contributed by atoms with Crippen LogP contribution in [0, 0.1) is 11.8 Å². The summed E-state index contributed by atoms with van der Waals surface area (Å²) in [4.78, 5) is 16.1. The first kappa shape index (κ1) is 18.6. The molecule has 0 amide bonds. The third-order valence-electron chi connectivity index (χ3n) is 5.51. The van der Waals surface area contributed by atoms with Gasteiger partial charge in [-0.05, 0) is 24.5 Å². The Balaban J connectivity index is 1.38. The number of fused-ring (bicyclic) bond motifs is 1. The van der Waals surface area contributed by atoms with Crippen molar-refractivity contribution in [2.45, 2.75) is 12.6 Å². The van der Waals surface area contributed by atoms with Crippen molar-refractivity contribution in [3.63, 3.8) is 0 Å². The van der Waals surface area contributed by atoms with Gasteiger partial charge in [-0.1, -0.05) is 6.07 Å². The number of methoxy groups -OCH3 is 1. The number of piperazine rings is 1. The summed E-state index contributed by atoms with van der Waals surface area (Å²) in [6.07, 6.45) is -3.40. The Morgan fingerprint density at radius 3 is 2.67 bits per heavy atom. The van der Waals surface area contributed by atoms with Gasteiger partial charge in [0.2, 0.25) is 0 Å². The molecule has 4 nitrogen and oxygen atoms in total. The fourth-order valence-electron chi connectivity index (χ4n) is 3.83. The van der Waals surface area contributed by atoms with Gasteiger partial charge in [-0.3, -0.25) is 9.69 Å². The smallest absolute Gasteiger partial charge is 0.416 e. The van der Waals surface area contributed by atoms with E-state index in [1.165, 1.54) is 24.5 Å². The number of halogens is 3. The lowest BCUT2D eigenvalue weighted by Crippen LogP contribution is -2.47. The number of alkyl halides is 3. The zero-order chi connectivity index (χ0) is 19.2. The van der Waals surface area contributed by atoms with E-state index in [4.69, 9.17) is 4.74 Å². The topological polar surface area (TPSA) is 32.8 Å². The highest BCUT2D eigenvalue weighted by Gasteiger charge is 2.44. The second-order valence-corrected chi connectivity index (χ2v) is 8.15. The van der Waals surface area contributed by atoms with Crippen molar-refractivity contribution in [2.24, 2.45) is 11.8 Å². The van der Waals surface area contributed by atoms with Crippen molar-refractivity contribution < 1.29 is 22.7 Å². The van der Waals surface area contributed by atoms with Crippen molar-refractivity contribution in [3.8, 4) is 0 Å². The van der Waals surface area contributed by atoms with Crippen molar-refractivity contribution in [2.75, 3.05) is 44.7 Å². The summed E-state index contributed by atoms with van der Waals surface area (Å²) in [6.45, 7) is 4.36. The molecule has 8 heteroatoms. The van der Waals surface area contributed by atoms with E-state index in [0.717, 1.165) is 56.3 Å². The lowest BCUT2D eigenvalue weighted by molar-refractivity contribution is -0.142. The summed E-state index contributed by atoms with van der Waals surface area (Å²) >= 11 is 1.36. The molecule has 0 radical (unpaired) electrons. The monoisotopic (exact) mass is 398 g/mol. The molecule has 0 N–H and O–H groups in total. The van der Waals surface area contributed by atoms with Gasteiger partial charge in [-0.2, -0.15) is 13.2 Å². The molecular formula is C19H21F3N2O2S. The van der Waals surface area contributed by atoms with Crippen LogP contribution in [0.1, 0.15) is 12.0 Å². The third kappa shape index (κ3) is 3.78. The second-order valence-electron chi connectivity index (χ2n) is 7.24. The van der Waals surface area contributed by atoms with E-state index in [1.807, 2.05) is 5.38 Å². The highest BCUT2D eigenvalue weighted by atomic mass is 32.1. The second kappa shape index (κ2) is 6.98. The Morgan fingerprint density at radius 1 is 1.26 bits per heavy atom. The number of rotatable bonds is 4. The molecule has 1 unspecified atom stereocenters. The van der Waals surface area contributed by atoms with Crippen LogP contribution in [0.2, 0.25) is 0 Å². The normalized spacial score (nSPS) is 23.6. The minimum Gasteiger partial charge on any atom is -0.469 e. The van der Waals surface area contributed by atoms with E-state index in [9.17, 15) is 18.0 Å². The number of benzene rings is 1. The number of nitrogens with zero attached hydrogens (tertiary/aromatic N) is 2. The van der Waals surface area contributed by atoms with E-state index in [0.29, 0.717) is 10.6 Å². The van der Waals surface area contributed by atoms with Crippen LogP contribution in [0.3, 0.4) is 0 Å². The summed E-state index contributed by atoms with van der Waals surface area (Å²) in [5.74, 6) is 0.338. The molecule has 0 spiro atoms. The highest BCUT2D eigenvalue weighted by molar-refractivity contribution is 7.17. The maximum atomic E-state index is 12.9. The maximum absolute atomic E-state index is 12.9. The van der Waals surface area contributed by atoms with E-state index < -0.39 is 11.7 Å². The van der Waals surface area contributed by atoms with Crippen LogP contribution in [0.25, 0.3) is 10.1 Å². The van der Waals surface area contributed by atoms with E-state index in [1.54, 1.807) is 6.07 Å². The summed E-state index contributed by atoms with van der Waals surface area (Å²) < 4.78 is 44.1. The Hall–Kier alpha value is -1.80. The zero-order valence-electron chi connectivity index (χ0n) is 15.0. The van der Waals surface area contributed by atoms with E-state index in [-0.39, 0.29) is 11.9 Å². The van der Waals surface area contributed by atoms with Gasteiger partial charge in [0.05, 0.1) is 24.3 Å². The van der Waals surface area contributed by atoms with Gasteiger partial charge < -0.3 is 9.64 Å². The molecule has 1 aliphatic heterocycles. The minimum absolute atomic E-state index is 0.0525. The molecule has 2 atom stereocenters. The molecule has 1 aromatic carbocycles. The fraction of sp³-hybridized carbons (Fsp3) is 0.526.